The number of aryl methyl sites for hydroxylation is 1. The van der Waals surface area contributed by atoms with Gasteiger partial charge in [0.1, 0.15) is 11.7 Å². The third-order valence-corrected chi connectivity index (χ3v) is 6.74. The van der Waals surface area contributed by atoms with E-state index >= 15 is 0 Å². The summed E-state index contributed by atoms with van der Waals surface area (Å²) in [6, 6.07) is 15.8. The maximum absolute atomic E-state index is 14.6. The molecule has 4 aromatic rings. The van der Waals surface area contributed by atoms with Gasteiger partial charge in [-0.3, -0.25) is 4.79 Å². The first kappa shape index (κ1) is 21.6. The summed E-state index contributed by atoms with van der Waals surface area (Å²) in [5.74, 6) is -1.93. The topological polar surface area (TPSA) is 61.3 Å². The number of nitrogens with zero attached hydrogens (tertiary/aromatic N) is 2. The van der Waals surface area contributed by atoms with Crippen molar-refractivity contribution in [3.05, 3.63) is 106 Å². The quantitative estimate of drug-likeness (QED) is 0.439. The minimum atomic E-state index is -0.977. The largest absolute Gasteiger partial charge is 0.370 e. The van der Waals surface area contributed by atoms with Crippen molar-refractivity contribution in [2.24, 2.45) is 7.05 Å². The Morgan fingerprint density at radius 2 is 1.77 bits per heavy atom. The fourth-order valence-electron chi connectivity index (χ4n) is 4.80. The molecule has 176 valence electrons. The van der Waals surface area contributed by atoms with Gasteiger partial charge in [-0.2, -0.15) is 0 Å². The van der Waals surface area contributed by atoms with Crippen molar-refractivity contribution < 1.29 is 13.9 Å². The van der Waals surface area contributed by atoms with Crippen molar-refractivity contribution in [1.82, 2.24) is 14.5 Å². The molecular formula is C28H23F2N3O2. The highest BCUT2D eigenvalue weighted by molar-refractivity contribution is 6.11. The Labute approximate surface area is 200 Å². The van der Waals surface area contributed by atoms with E-state index in [1.807, 2.05) is 41.4 Å². The Balaban J connectivity index is 1.58. The van der Waals surface area contributed by atoms with E-state index in [1.165, 1.54) is 16.7 Å². The molecule has 0 saturated heterocycles. The number of hydrogen-bond donors (Lipinski definition) is 2. The van der Waals surface area contributed by atoms with Crippen molar-refractivity contribution in [3.63, 3.8) is 0 Å². The number of H-pyrrole nitrogens is 1. The summed E-state index contributed by atoms with van der Waals surface area (Å²) in [5.41, 5.74) is 3.74. The molecule has 1 atom stereocenters. The average Bonchev–Trinajstić information content (AvgIpc) is 3.61. The molecule has 1 unspecified atom stereocenters. The third kappa shape index (κ3) is 3.59. The maximum Gasteiger partial charge on any atom is 0.274 e. The number of aliphatic hydroxyl groups excluding tert-OH is 1. The molecular weight excluding hydrogens is 448 g/mol. The van der Waals surface area contributed by atoms with Gasteiger partial charge in [-0.05, 0) is 48.3 Å². The van der Waals surface area contributed by atoms with Gasteiger partial charge < -0.3 is 19.6 Å². The van der Waals surface area contributed by atoms with Crippen LogP contribution in [0.15, 0.2) is 77.9 Å². The second-order valence-corrected chi connectivity index (χ2v) is 9.11. The molecule has 0 bridgehead atoms. The van der Waals surface area contributed by atoms with Crippen LogP contribution in [0.2, 0.25) is 0 Å². The molecule has 2 N–H and O–H groups in total. The molecule has 2 aromatic heterocycles. The molecule has 6 rings (SSSR count). The number of aromatic amines is 1. The lowest BCUT2D eigenvalue weighted by atomic mass is 9.89. The van der Waals surface area contributed by atoms with Gasteiger partial charge in [0.2, 0.25) is 0 Å². The molecule has 2 aromatic carbocycles. The standard InChI is InChI=1S/C28H23F2N3O2/c1-32-14-22(20-12-24(31-27(20)28(32)35)18-8-5-9-23(29)26(18)30)19-13-25(34)33(17-10-11-17)15-21(19)16-6-3-2-4-7-16/h2-9,12-15,17,25,31,34H,10-11H2,1H3. The molecule has 5 nitrogen and oxygen atoms in total. The Kier molecular flexibility index (Phi) is 4.96. The summed E-state index contributed by atoms with van der Waals surface area (Å²) >= 11 is 0. The van der Waals surface area contributed by atoms with Crippen LogP contribution in [0.3, 0.4) is 0 Å². The van der Waals surface area contributed by atoms with E-state index in [4.69, 9.17) is 0 Å². The van der Waals surface area contributed by atoms with Crippen molar-refractivity contribution in [3.8, 4) is 11.3 Å². The fourth-order valence-corrected chi connectivity index (χ4v) is 4.80. The number of nitrogens with one attached hydrogen (secondary N) is 1. The summed E-state index contributed by atoms with van der Waals surface area (Å²) in [7, 11) is 1.65. The Hall–Kier alpha value is -3.97. The van der Waals surface area contributed by atoms with Crippen molar-refractivity contribution in [2.45, 2.75) is 25.1 Å². The minimum Gasteiger partial charge on any atom is -0.370 e. The number of pyridine rings is 1. The van der Waals surface area contributed by atoms with Crippen LogP contribution < -0.4 is 5.56 Å². The van der Waals surface area contributed by atoms with Crippen LogP contribution in [0, 0.1) is 11.6 Å². The molecule has 1 aliphatic heterocycles. The van der Waals surface area contributed by atoms with Gasteiger partial charge >= 0.3 is 0 Å². The summed E-state index contributed by atoms with van der Waals surface area (Å²) in [5, 5.41) is 11.5. The number of aliphatic hydroxyl groups is 1. The lowest BCUT2D eigenvalue weighted by Crippen LogP contribution is -2.33. The highest BCUT2D eigenvalue weighted by Gasteiger charge is 2.34. The molecule has 35 heavy (non-hydrogen) atoms. The predicted octanol–water partition coefficient (Wildman–Crippen LogP) is 5.03. The van der Waals surface area contributed by atoms with Gasteiger partial charge in [0.05, 0.1) is 0 Å². The zero-order valence-corrected chi connectivity index (χ0v) is 19.0. The Bertz CT molecular complexity index is 1580. The number of hydrogen-bond acceptors (Lipinski definition) is 3. The maximum atomic E-state index is 14.6. The van der Waals surface area contributed by atoms with Gasteiger partial charge in [0, 0.05) is 53.3 Å². The van der Waals surface area contributed by atoms with E-state index in [0.29, 0.717) is 22.7 Å². The highest BCUT2D eigenvalue weighted by Crippen LogP contribution is 2.42. The lowest BCUT2D eigenvalue weighted by Gasteiger charge is -2.32. The van der Waals surface area contributed by atoms with Gasteiger partial charge in [-0.25, -0.2) is 8.78 Å². The molecule has 1 fully saturated rings. The number of allylic oxidation sites excluding steroid dienone is 2. The number of halogens is 2. The van der Waals surface area contributed by atoms with Gasteiger partial charge in [-0.1, -0.05) is 36.4 Å². The normalized spacial score (nSPS) is 18.1. The molecule has 0 radical (unpaired) electrons. The van der Waals surface area contributed by atoms with E-state index in [0.717, 1.165) is 35.6 Å². The van der Waals surface area contributed by atoms with E-state index in [9.17, 15) is 18.7 Å². The first-order chi connectivity index (χ1) is 16.9. The molecule has 3 heterocycles. The summed E-state index contributed by atoms with van der Waals surface area (Å²) in [6.45, 7) is 0. The SMILES string of the molecule is Cn1cc(C2=CC(O)N(C3CC3)C=C2c2ccccc2)c2cc(-c3cccc(F)c3F)[nH]c2c1=O. The molecule has 7 heteroatoms. The monoisotopic (exact) mass is 471 g/mol. The first-order valence-electron chi connectivity index (χ1n) is 11.5. The molecule has 1 saturated carbocycles. The van der Waals surface area contributed by atoms with Crippen LogP contribution >= 0.6 is 0 Å². The third-order valence-electron chi connectivity index (χ3n) is 6.74. The molecule has 0 spiro atoms. The smallest absolute Gasteiger partial charge is 0.274 e. The zero-order chi connectivity index (χ0) is 24.3. The summed E-state index contributed by atoms with van der Waals surface area (Å²) in [6.07, 6.45) is 6.77. The Morgan fingerprint density at radius 1 is 1.00 bits per heavy atom. The lowest BCUT2D eigenvalue weighted by molar-refractivity contribution is 0.0734. The summed E-state index contributed by atoms with van der Waals surface area (Å²) < 4.78 is 30.0. The van der Waals surface area contributed by atoms with Crippen molar-refractivity contribution >= 4 is 22.0 Å². The van der Waals surface area contributed by atoms with Gasteiger partial charge in [0.15, 0.2) is 11.6 Å². The average molecular weight is 472 g/mol. The van der Waals surface area contributed by atoms with E-state index < -0.39 is 17.9 Å². The molecule has 2 aliphatic rings. The van der Waals surface area contributed by atoms with Crippen LogP contribution in [-0.4, -0.2) is 31.8 Å². The zero-order valence-electron chi connectivity index (χ0n) is 19.0. The number of aromatic nitrogens is 2. The van der Waals surface area contributed by atoms with Crippen LogP contribution in [0.25, 0.3) is 33.3 Å². The summed E-state index contributed by atoms with van der Waals surface area (Å²) in [4.78, 5) is 18.0. The van der Waals surface area contributed by atoms with Crippen LogP contribution in [0.4, 0.5) is 8.78 Å². The minimum absolute atomic E-state index is 0.0468. The second-order valence-electron chi connectivity index (χ2n) is 9.11. The highest BCUT2D eigenvalue weighted by atomic mass is 19.2. The molecule has 1 aliphatic carbocycles. The molecule has 0 amide bonds. The van der Waals surface area contributed by atoms with Crippen LogP contribution in [0.1, 0.15) is 24.0 Å². The number of rotatable bonds is 4. The van der Waals surface area contributed by atoms with Gasteiger partial charge in [-0.15, -0.1) is 0 Å². The van der Waals surface area contributed by atoms with Crippen molar-refractivity contribution in [2.75, 3.05) is 0 Å². The number of benzene rings is 2. The van der Waals surface area contributed by atoms with Crippen LogP contribution in [0.5, 0.6) is 0 Å². The van der Waals surface area contributed by atoms with E-state index in [1.54, 1.807) is 25.4 Å². The predicted molar refractivity (Wildman–Crippen MR) is 132 cm³/mol. The van der Waals surface area contributed by atoms with Crippen LogP contribution in [-0.2, 0) is 7.05 Å². The fraction of sp³-hybridized carbons (Fsp3) is 0.179. The second kappa shape index (κ2) is 8.06. The van der Waals surface area contributed by atoms with E-state index in [-0.39, 0.29) is 16.6 Å². The number of fused-ring (bicyclic) bond motifs is 1. The van der Waals surface area contributed by atoms with Gasteiger partial charge in [0.25, 0.3) is 5.56 Å². The Morgan fingerprint density at radius 3 is 2.51 bits per heavy atom. The van der Waals surface area contributed by atoms with E-state index in [2.05, 4.69) is 4.98 Å². The first-order valence-corrected chi connectivity index (χ1v) is 11.5. The van der Waals surface area contributed by atoms with Crippen molar-refractivity contribution in [1.29, 1.82) is 0 Å².